The van der Waals surface area contributed by atoms with Crippen molar-refractivity contribution in [2.75, 3.05) is 5.32 Å². The Labute approximate surface area is 138 Å². The third-order valence-electron chi connectivity index (χ3n) is 3.70. The predicted octanol–water partition coefficient (Wildman–Crippen LogP) is 2.51. The SMILES string of the molecule is O=C(NC1CC(=O)c2ccccc2NC1=O)OCc1ccccc1. The van der Waals surface area contributed by atoms with Gasteiger partial charge in [0.15, 0.2) is 5.78 Å². The molecule has 2 aromatic carbocycles. The van der Waals surface area contributed by atoms with E-state index in [0.29, 0.717) is 11.3 Å². The number of anilines is 1. The van der Waals surface area contributed by atoms with Crippen LogP contribution in [0.15, 0.2) is 54.6 Å². The van der Waals surface area contributed by atoms with E-state index < -0.39 is 18.0 Å². The molecule has 6 heteroatoms. The molecule has 0 radical (unpaired) electrons. The van der Waals surface area contributed by atoms with Gasteiger partial charge < -0.3 is 15.4 Å². The van der Waals surface area contributed by atoms with Crippen LogP contribution >= 0.6 is 0 Å². The van der Waals surface area contributed by atoms with E-state index in [9.17, 15) is 14.4 Å². The second-order valence-electron chi connectivity index (χ2n) is 5.42. The normalized spacial score (nSPS) is 16.6. The fraction of sp³-hybridized carbons (Fsp3) is 0.167. The molecule has 0 bridgehead atoms. The summed E-state index contributed by atoms with van der Waals surface area (Å²) >= 11 is 0. The molecule has 6 nitrogen and oxygen atoms in total. The summed E-state index contributed by atoms with van der Waals surface area (Å²) in [5, 5.41) is 5.10. The Kier molecular flexibility index (Phi) is 4.56. The summed E-state index contributed by atoms with van der Waals surface area (Å²) in [6.07, 6.45) is -0.846. The molecule has 1 atom stereocenters. The summed E-state index contributed by atoms with van der Waals surface area (Å²) in [6, 6.07) is 15.0. The number of carbonyl (C=O) groups excluding carboxylic acids is 3. The molecule has 1 heterocycles. The third-order valence-corrected chi connectivity index (χ3v) is 3.70. The highest BCUT2D eigenvalue weighted by Gasteiger charge is 2.29. The standard InChI is InChI=1S/C18H16N2O4/c21-16-10-15(17(22)19-14-9-5-4-8-13(14)16)20-18(23)24-11-12-6-2-1-3-7-12/h1-9,15H,10-11H2,(H,19,22)(H,20,23). The number of ketones is 1. The average molecular weight is 324 g/mol. The Morgan fingerprint density at radius 2 is 1.79 bits per heavy atom. The summed E-state index contributed by atoms with van der Waals surface area (Å²) in [5.41, 5.74) is 1.73. The maximum atomic E-state index is 12.2. The summed E-state index contributed by atoms with van der Waals surface area (Å²) in [5.74, 6) is -0.651. The van der Waals surface area contributed by atoms with Crippen molar-refractivity contribution >= 4 is 23.5 Å². The van der Waals surface area contributed by atoms with E-state index >= 15 is 0 Å². The molecule has 0 spiro atoms. The zero-order chi connectivity index (χ0) is 16.9. The van der Waals surface area contributed by atoms with Crippen LogP contribution in [0, 0.1) is 0 Å². The van der Waals surface area contributed by atoms with E-state index in [1.165, 1.54) is 0 Å². The number of nitrogens with one attached hydrogen (secondary N) is 2. The smallest absolute Gasteiger partial charge is 0.408 e. The van der Waals surface area contributed by atoms with Gasteiger partial charge in [-0.05, 0) is 17.7 Å². The Morgan fingerprint density at radius 1 is 1.08 bits per heavy atom. The van der Waals surface area contributed by atoms with Gasteiger partial charge in [0.1, 0.15) is 12.6 Å². The van der Waals surface area contributed by atoms with Crippen molar-refractivity contribution in [3.8, 4) is 0 Å². The van der Waals surface area contributed by atoms with Gasteiger partial charge in [0, 0.05) is 12.0 Å². The second-order valence-corrected chi connectivity index (χ2v) is 5.42. The van der Waals surface area contributed by atoms with Gasteiger partial charge in [-0.15, -0.1) is 0 Å². The Balaban J connectivity index is 1.62. The highest BCUT2D eigenvalue weighted by atomic mass is 16.5. The van der Waals surface area contributed by atoms with Gasteiger partial charge in [0.05, 0.1) is 5.69 Å². The number of alkyl carbamates (subject to hydrolysis) is 1. The van der Waals surface area contributed by atoms with Crippen LogP contribution in [0.4, 0.5) is 10.5 Å². The second kappa shape index (κ2) is 6.95. The molecule has 1 unspecified atom stereocenters. The number of rotatable bonds is 3. The summed E-state index contributed by atoms with van der Waals surface area (Å²) < 4.78 is 5.09. The van der Waals surface area contributed by atoms with Gasteiger partial charge in [0.2, 0.25) is 5.91 Å². The minimum absolute atomic E-state index is 0.0924. The largest absolute Gasteiger partial charge is 0.445 e. The molecule has 0 saturated carbocycles. The first kappa shape index (κ1) is 15.7. The van der Waals surface area contributed by atoms with Crippen LogP contribution in [0.2, 0.25) is 0 Å². The van der Waals surface area contributed by atoms with Crippen molar-refractivity contribution in [1.82, 2.24) is 5.32 Å². The summed E-state index contributed by atoms with van der Waals surface area (Å²) in [6.45, 7) is 0.0924. The molecule has 0 saturated heterocycles. The molecule has 1 aliphatic heterocycles. The number of hydrogen-bond donors (Lipinski definition) is 2. The first-order chi connectivity index (χ1) is 11.6. The molecule has 0 aromatic heterocycles. The highest BCUT2D eigenvalue weighted by molar-refractivity contribution is 6.11. The van der Waals surface area contributed by atoms with Gasteiger partial charge in [-0.25, -0.2) is 4.79 Å². The molecule has 2 aromatic rings. The fourth-order valence-corrected chi connectivity index (χ4v) is 2.47. The minimum Gasteiger partial charge on any atom is -0.445 e. The number of hydrogen-bond acceptors (Lipinski definition) is 4. The van der Waals surface area contributed by atoms with Gasteiger partial charge in [0.25, 0.3) is 0 Å². The van der Waals surface area contributed by atoms with E-state index in [0.717, 1.165) is 5.56 Å². The number of ether oxygens (including phenoxy) is 1. The molecular formula is C18H16N2O4. The van der Waals surface area contributed by atoms with Crippen LogP contribution in [-0.4, -0.2) is 23.8 Å². The maximum Gasteiger partial charge on any atom is 0.408 e. The van der Waals surface area contributed by atoms with E-state index in [4.69, 9.17) is 4.74 Å². The average Bonchev–Trinajstić information content (AvgIpc) is 2.71. The van der Waals surface area contributed by atoms with Crippen molar-refractivity contribution in [3.05, 3.63) is 65.7 Å². The quantitative estimate of drug-likeness (QED) is 0.908. The lowest BCUT2D eigenvalue weighted by molar-refractivity contribution is -0.118. The molecule has 2 amide bonds. The predicted molar refractivity (Wildman–Crippen MR) is 87.6 cm³/mol. The van der Waals surface area contributed by atoms with Crippen LogP contribution in [-0.2, 0) is 16.1 Å². The molecule has 0 aliphatic carbocycles. The van der Waals surface area contributed by atoms with Gasteiger partial charge in [-0.2, -0.15) is 0 Å². The third kappa shape index (κ3) is 3.60. The molecule has 0 fully saturated rings. The summed E-state index contributed by atoms with van der Waals surface area (Å²) in [7, 11) is 0. The lowest BCUT2D eigenvalue weighted by Crippen LogP contribution is -2.44. The topological polar surface area (TPSA) is 84.5 Å². The monoisotopic (exact) mass is 324 g/mol. The fourth-order valence-electron chi connectivity index (χ4n) is 2.47. The Morgan fingerprint density at radius 3 is 2.58 bits per heavy atom. The van der Waals surface area contributed by atoms with Crippen molar-refractivity contribution in [3.63, 3.8) is 0 Å². The molecule has 122 valence electrons. The van der Waals surface area contributed by atoms with Crippen molar-refractivity contribution in [2.24, 2.45) is 0 Å². The van der Waals surface area contributed by atoms with Gasteiger partial charge in [-0.1, -0.05) is 42.5 Å². The number of benzene rings is 2. The molecular weight excluding hydrogens is 308 g/mol. The zero-order valence-electron chi connectivity index (χ0n) is 12.8. The van der Waals surface area contributed by atoms with Gasteiger partial charge in [-0.3, -0.25) is 9.59 Å². The number of fused-ring (bicyclic) bond motifs is 1. The van der Waals surface area contributed by atoms with Gasteiger partial charge >= 0.3 is 6.09 Å². The van der Waals surface area contributed by atoms with Crippen molar-refractivity contribution < 1.29 is 19.1 Å². The van der Waals surface area contributed by atoms with Crippen LogP contribution in [0.3, 0.4) is 0 Å². The van der Waals surface area contributed by atoms with Crippen LogP contribution in [0.25, 0.3) is 0 Å². The molecule has 1 aliphatic rings. The highest BCUT2D eigenvalue weighted by Crippen LogP contribution is 2.21. The zero-order valence-corrected chi connectivity index (χ0v) is 12.8. The number of carbonyl (C=O) groups is 3. The number of para-hydroxylation sites is 1. The Hall–Kier alpha value is -3.15. The first-order valence-corrected chi connectivity index (χ1v) is 7.54. The lowest BCUT2D eigenvalue weighted by Gasteiger charge is -2.14. The first-order valence-electron chi connectivity index (χ1n) is 7.54. The molecule has 3 rings (SSSR count). The van der Waals surface area contributed by atoms with E-state index in [1.54, 1.807) is 24.3 Å². The molecule has 24 heavy (non-hydrogen) atoms. The maximum absolute atomic E-state index is 12.2. The number of amides is 2. The number of Topliss-reactive ketones (excluding diaryl/α,β-unsaturated/α-hetero) is 1. The van der Waals surface area contributed by atoms with E-state index in [-0.39, 0.29) is 18.8 Å². The van der Waals surface area contributed by atoms with Crippen molar-refractivity contribution in [1.29, 1.82) is 0 Å². The lowest BCUT2D eigenvalue weighted by atomic mass is 10.0. The van der Waals surface area contributed by atoms with Crippen LogP contribution in [0.1, 0.15) is 22.3 Å². The minimum atomic E-state index is -0.965. The van der Waals surface area contributed by atoms with E-state index in [2.05, 4.69) is 10.6 Å². The summed E-state index contributed by atoms with van der Waals surface area (Å²) in [4.78, 5) is 36.3. The van der Waals surface area contributed by atoms with Crippen LogP contribution in [0.5, 0.6) is 0 Å². The van der Waals surface area contributed by atoms with Crippen molar-refractivity contribution in [2.45, 2.75) is 19.1 Å². The Bertz CT molecular complexity index is 774. The molecule has 2 N–H and O–H groups in total. The van der Waals surface area contributed by atoms with Crippen LogP contribution < -0.4 is 10.6 Å². The van der Waals surface area contributed by atoms with E-state index in [1.807, 2.05) is 30.3 Å².